The highest BCUT2D eigenvalue weighted by atomic mass is 16.5. The SMILES string of the molecule is COCCNC(=O)C1(c2ccccc2)CCNCC1. The van der Waals surface area contributed by atoms with Gasteiger partial charge in [-0.25, -0.2) is 0 Å². The molecule has 104 valence electrons. The Kier molecular flexibility index (Phi) is 4.93. The largest absolute Gasteiger partial charge is 0.383 e. The van der Waals surface area contributed by atoms with Crippen molar-refractivity contribution in [1.82, 2.24) is 10.6 Å². The molecule has 0 bridgehead atoms. The third kappa shape index (κ3) is 3.14. The van der Waals surface area contributed by atoms with Crippen molar-refractivity contribution < 1.29 is 9.53 Å². The smallest absolute Gasteiger partial charge is 0.230 e. The zero-order chi connectivity index (χ0) is 13.6. The number of hydrogen-bond donors (Lipinski definition) is 2. The van der Waals surface area contributed by atoms with E-state index in [1.807, 2.05) is 18.2 Å². The molecule has 0 unspecified atom stereocenters. The van der Waals surface area contributed by atoms with Gasteiger partial charge in [-0.1, -0.05) is 30.3 Å². The van der Waals surface area contributed by atoms with Crippen LogP contribution in [0.5, 0.6) is 0 Å². The Labute approximate surface area is 114 Å². The van der Waals surface area contributed by atoms with E-state index in [2.05, 4.69) is 22.8 Å². The molecule has 0 spiro atoms. The fourth-order valence-corrected chi connectivity index (χ4v) is 2.69. The molecule has 0 aliphatic carbocycles. The van der Waals surface area contributed by atoms with E-state index in [9.17, 15) is 4.79 Å². The summed E-state index contributed by atoms with van der Waals surface area (Å²) in [6.07, 6.45) is 1.69. The first kappa shape index (κ1) is 14.0. The standard InChI is InChI=1S/C15H22N2O2/c1-19-12-11-17-14(18)15(7-9-16-10-8-15)13-5-3-2-4-6-13/h2-6,16H,7-12H2,1H3,(H,17,18). The van der Waals surface area contributed by atoms with Gasteiger partial charge in [0, 0.05) is 13.7 Å². The van der Waals surface area contributed by atoms with Crippen molar-refractivity contribution in [3.63, 3.8) is 0 Å². The van der Waals surface area contributed by atoms with Crippen molar-refractivity contribution in [1.29, 1.82) is 0 Å². The molecule has 0 radical (unpaired) electrons. The average molecular weight is 262 g/mol. The highest BCUT2D eigenvalue weighted by Crippen LogP contribution is 2.33. The molecule has 1 heterocycles. The molecule has 4 heteroatoms. The van der Waals surface area contributed by atoms with Crippen LogP contribution in [0.25, 0.3) is 0 Å². The summed E-state index contributed by atoms with van der Waals surface area (Å²) in [5.41, 5.74) is 0.728. The van der Waals surface area contributed by atoms with Crippen LogP contribution in [-0.4, -0.2) is 39.3 Å². The number of benzene rings is 1. The van der Waals surface area contributed by atoms with Crippen LogP contribution < -0.4 is 10.6 Å². The zero-order valence-corrected chi connectivity index (χ0v) is 11.4. The van der Waals surface area contributed by atoms with Gasteiger partial charge in [-0.15, -0.1) is 0 Å². The van der Waals surface area contributed by atoms with E-state index in [1.54, 1.807) is 7.11 Å². The molecule has 1 aromatic rings. The predicted octanol–water partition coefficient (Wildman–Crippen LogP) is 1.07. The van der Waals surface area contributed by atoms with E-state index in [1.165, 1.54) is 0 Å². The molecule has 0 aromatic heterocycles. The summed E-state index contributed by atoms with van der Waals surface area (Å²) in [4.78, 5) is 12.6. The minimum Gasteiger partial charge on any atom is -0.383 e. The lowest BCUT2D eigenvalue weighted by atomic mass is 9.72. The van der Waals surface area contributed by atoms with Gasteiger partial charge in [0.2, 0.25) is 5.91 Å². The summed E-state index contributed by atoms with van der Waals surface area (Å²) in [6.45, 7) is 2.88. The van der Waals surface area contributed by atoms with Crippen LogP contribution in [0.4, 0.5) is 0 Å². The lowest BCUT2D eigenvalue weighted by Crippen LogP contribution is -2.51. The highest BCUT2D eigenvalue weighted by Gasteiger charge is 2.40. The van der Waals surface area contributed by atoms with Crippen molar-refractivity contribution in [2.45, 2.75) is 18.3 Å². The maximum Gasteiger partial charge on any atom is 0.230 e. The van der Waals surface area contributed by atoms with E-state index in [-0.39, 0.29) is 11.3 Å². The fourth-order valence-electron chi connectivity index (χ4n) is 2.69. The topological polar surface area (TPSA) is 50.4 Å². The molecule has 2 N–H and O–H groups in total. The van der Waals surface area contributed by atoms with Crippen LogP contribution in [0.15, 0.2) is 30.3 Å². The number of piperidine rings is 1. The van der Waals surface area contributed by atoms with Crippen LogP contribution in [0, 0.1) is 0 Å². The molecule has 1 saturated heterocycles. The molecule has 1 aliphatic rings. The van der Waals surface area contributed by atoms with Crippen LogP contribution >= 0.6 is 0 Å². The van der Waals surface area contributed by atoms with Gasteiger partial charge in [0.15, 0.2) is 0 Å². The van der Waals surface area contributed by atoms with Crippen molar-refractivity contribution in [2.24, 2.45) is 0 Å². The molecule has 1 aliphatic heterocycles. The van der Waals surface area contributed by atoms with Gasteiger partial charge in [0.1, 0.15) is 0 Å². The minimum absolute atomic E-state index is 0.122. The number of amides is 1. The third-order valence-corrected chi connectivity index (χ3v) is 3.81. The minimum atomic E-state index is -0.389. The number of ether oxygens (including phenoxy) is 1. The fraction of sp³-hybridized carbons (Fsp3) is 0.533. The van der Waals surface area contributed by atoms with Crippen molar-refractivity contribution in [2.75, 3.05) is 33.4 Å². The Balaban J connectivity index is 2.17. The van der Waals surface area contributed by atoms with Gasteiger partial charge >= 0.3 is 0 Å². The van der Waals surface area contributed by atoms with Crippen molar-refractivity contribution in [3.05, 3.63) is 35.9 Å². The summed E-state index contributed by atoms with van der Waals surface area (Å²) in [5, 5.41) is 6.33. The van der Waals surface area contributed by atoms with Crippen LogP contribution in [0.2, 0.25) is 0 Å². The Morgan fingerprint density at radius 2 is 2.00 bits per heavy atom. The maximum absolute atomic E-state index is 12.6. The van der Waals surface area contributed by atoms with Gasteiger partial charge < -0.3 is 15.4 Å². The summed E-state index contributed by atoms with van der Waals surface area (Å²) in [6, 6.07) is 10.1. The van der Waals surface area contributed by atoms with E-state index < -0.39 is 0 Å². The first-order chi connectivity index (χ1) is 9.29. The number of carbonyl (C=O) groups is 1. The van der Waals surface area contributed by atoms with E-state index in [0.29, 0.717) is 13.2 Å². The van der Waals surface area contributed by atoms with Crippen molar-refractivity contribution in [3.8, 4) is 0 Å². The quantitative estimate of drug-likeness (QED) is 0.781. The number of carbonyl (C=O) groups excluding carboxylic acids is 1. The Hall–Kier alpha value is -1.39. The first-order valence-corrected chi connectivity index (χ1v) is 6.83. The lowest BCUT2D eigenvalue weighted by Gasteiger charge is -2.36. The number of rotatable bonds is 5. The molecule has 0 saturated carbocycles. The first-order valence-electron chi connectivity index (χ1n) is 6.83. The van der Waals surface area contributed by atoms with Gasteiger partial charge in [-0.2, -0.15) is 0 Å². The third-order valence-electron chi connectivity index (χ3n) is 3.81. The second-order valence-corrected chi connectivity index (χ2v) is 4.95. The van der Waals surface area contributed by atoms with Crippen LogP contribution in [0.1, 0.15) is 18.4 Å². The van der Waals surface area contributed by atoms with Gasteiger partial charge in [0.25, 0.3) is 0 Å². The Morgan fingerprint density at radius 1 is 1.32 bits per heavy atom. The van der Waals surface area contributed by atoms with Gasteiger partial charge in [-0.3, -0.25) is 4.79 Å². The molecule has 4 nitrogen and oxygen atoms in total. The summed E-state index contributed by atoms with van der Waals surface area (Å²) in [7, 11) is 1.64. The van der Waals surface area contributed by atoms with E-state index in [4.69, 9.17) is 4.74 Å². The Morgan fingerprint density at radius 3 is 2.63 bits per heavy atom. The molecular weight excluding hydrogens is 240 g/mol. The average Bonchev–Trinajstić information content (AvgIpc) is 2.49. The number of nitrogens with one attached hydrogen (secondary N) is 2. The molecule has 2 rings (SSSR count). The zero-order valence-electron chi connectivity index (χ0n) is 11.4. The Bertz CT molecular complexity index is 400. The molecule has 1 fully saturated rings. The predicted molar refractivity (Wildman–Crippen MR) is 75.1 cm³/mol. The molecule has 1 amide bonds. The van der Waals surface area contributed by atoms with Gasteiger partial charge in [-0.05, 0) is 31.5 Å². The monoisotopic (exact) mass is 262 g/mol. The second kappa shape index (κ2) is 6.68. The molecule has 0 atom stereocenters. The second-order valence-electron chi connectivity index (χ2n) is 4.95. The number of hydrogen-bond acceptors (Lipinski definition) is 3. The summed E-state index contributed by atoms with van der Waals surface area (Å²) in [5.74, 6) is 0.122. The van der Waals surface area contributed by atoms with Gasteiger partial charge in [0.05, 0.1) is 12.0 Å². The van der Waals surface area contributed by atoms with E-state index in [0.717, 1.165) is 31.5 Å². The summed E-state index contributed by atoms with van der Waals surface area (Å²) < 4.78 is 4.99. The molecule has 1 aromatic carbocycles. The van der Waals surface area contributed by atoms with Crippen LogP contribution in [0.3, 0.4) is 0 Å². The summed E-state index contributed by atoms with van der Waals surface area (Å²) >= 11 is 0. The van der Waals surface area contributed by atoms with Crippen LogP contribution in [-0.2, 0) is 14.9 Å². The maximum atomic E-state index is 12.6. The number of methoxy groups -OCH3 is 1. The van der Waals surface area contributed by atoms with Crippen molar-refractivity contribution >= 4 is 5.91 Å². The normalized spacial score (nSPS) is 17.9. The molecule has 19 heavy (non-hydrogen) atoms. The van der Waals surface area contributed by atoms with E-state index >= 15 is 0 Å². The lowest BCUT2D eigenvalue weighted by molar-refractivity contribution is -0.128. The molecular formula is C15H22N2O2. The highest BCUT2D eigenvalue weighted by molar-refractivity contribution is 5.88.